The molecule has 1 aliphatic rings. The van der Waals surface area contributed by atoms with Gasteiger partial charge in [0.2, 0.25) is 15.9 Å². The van der Waals surface area contributed by atoms with Gasteiger partial charge in [-0.15, -0.1) is 0 Å². The fourth-order valence-electron chi connectivity index (χ4n) is 2.27. The molecule has 0 radical (unpaired) electrons. The summed E-state index contributed by atoms with van der Waals surface area (Å²) < 4.78 is 37.8. The molecule has 0 aromatic carbocycles. The van der Waals surface area contributed by atoms with E-state index in [0.29, 0.717) is 17.3 Å². The van der Waals surface area contributed by atoms with Gasteiger partial charge in [-0.05, 0) is 24.4 Å². The molecule has 0 bridgehead atoms. The molecule has 9 heteroatoms. The highest BCUT2D eigenvalue weighted by Gasteiger charge is 2.37. The molecular formula is C13H18N4O3S2. The van der Waals surface area contributed by atoms with Gasteiger partial charge in [0.25, 0.3) is 0 Å². The van der Waals surface area contributed by atoms with Crippen LogP contribution in [0.25, 0.3) is 0 Å². The molecule has 0 amide bonds. The van der Waals surface area contributed by atoms with Crippen molar-refractivity contribution in [3.63, 3.8) is 0 Å². The Morgan fingerprint density at radius 2 is 2.27 bits per heavy atom. The van der Waals surface area contributed by atoms with Crippen LogP contribution in [0.4, 0.5) is 0 Å². The topological polar surface area (TPSA) is 77.3 Å². The number of methoxy groups -OCH3 is 1. The zero-order chi connectivity index (χ0) is 15.7. The number of rotatable bonds is 7. The average molecular weight is 342 g/mol. The second kappa shape index (κ2) is 5.98. The van der Waals surface area contributed by atoms with E-state index >= 15 is 0 Å². The van der Waals surface area contributed by atoms with E-state index in [1.807, 2.05) is 13.2 Å². The van der Waals surface area contributed by atoms with Crippen LogP contribution in [0.15, 0.2) is 18.5 Å². The summed E-state index contributed by atoms with van der Waals surface area (Å²) in [5.74, 6) is 0.422. The molecule has 0 saturated heterocycles. The molecule has 7 nitrogen and oxygen atoms in total. The highest BCUT2D eigenvalue weighted by atomic mass is 32.2. The molecular weight excluding hydrogens is 324 g/mol. The van der Waals surface area contributed by atoms with Crippen LogP contribution in [0.1, 0.15) is 23.3 Å². The highest BCUT2D eigenvalue weighted by molar-refractivity contribution is 7.88. The van der Waals surface area contributed by atoms with Crippen LogP contribution in [0.3, 0.4) is 0 Å². The molecule has 0 N–H and O–H groups in total. The Balaban J connectivity index is 1.77. The molecule has 120 valence electrons. The van der Waals surface area contributed by atoms with Crippen molar-refractivity contribution in [3.05, 3.63) is 28.9 Å². The van der Waals surface area contributed by atoms with Crippen LogP contribution >= 0.6 is 11.5 Å². The van der Waals surface area contributed by atoms with E-state index in [-0.39, 0.29) is 11.8 Å². The van der Waals surface area contributed by atoms with Crippen molar-refractivity contribution in [1.29, 1.82) is 0 Å². The minimum atomic E-state index is -3.38. The first-order chi connectivity index (χ1) is 10.5. The van der Waals surface area contributed by atoms with Crippen molar-refractivity contribution in [1.82, 2.24) is 18.5 Å². The zero-order valence-corrected chi connectivity index (χ0v) is 14.1. The van der Waals surface area contributed by atoms with Crippen LogP contribution < -0.4 is 4.74 Å². The minimum Gasteiger partial charge on any atom is -0.480 e. The lowest BCUT2D eigenvalue weighted by molar-refractivity contribution is 0.397. The number of hydrogen-bond acceptors (Lipinski definition) is 6. The molecule has 1 aliphatic carbocycles. The third kappa shape index (κ3) is 3.47. The Bertz CT molecular complexity index is 749. The van der Waals surface area contributed by atoms with Crippen molar-refractivity contribution in [2.45, 2.75) is 31.2 Å². The molecule has 1 saturated carbocycles. The van der Waals surface area contributed by atoms with Gasteiger partial charge in [0.05, 0.1) is 13.3 Å². The minimum absolute atomic E-state index is 0.0369. The van der Waals surface area contributed by atoms with Gasteiger partial charge >= 0.3 is 0 Å². The summed E-state index contributed by atoms with van der Waals surface area (Å²) in [5.41, 5.74) is 0.903. The third-order valence-electron chi connectivity index (χ3n) is 3.48. The summed E-state index contributed by atoms with van der Waals surface area (Å²) in [4.78, 5) is 0.689. The molecule has 2 aromatic heterocycles. The lowest BCUT2D eigenvalue weighted by Crippen LogP contribution is -2.33. The normalized spacial score (nSPS) is 15.4. The number of nitrogens with zero attached hydrogens (tertiary/aromatic N) is 4. The number of hydrogen-bond donors (Lipinski definition) is 0. The van der Waals surface area contributed by atoms with E-state index in [2.05, 4.69) is 9.47 Å². The maximum Gasteiger partial charge on any atom is 0.225 e. The molecule has 1 fully saturated rings. The zero-order valence-electron chi connectivity index (χ0n) is 12.5. The van der Waals surface area contributed by atoms with Gasteiger partial charge in [-0.1, -0.05) is 0 Å². The van der Waals surface area contributed by atoms with Crippen LogP contribution in [-0.4, -0.2) is 40.0 Å². The Morgan fingerprint density at radius 1 is 1.50 bits per heavy atom. The molecule has 0 atom stereocenters. The van der Waals surface area contributed by atoms with E-state index in [1.54, 1.807) is 21.3 Å². The van der Waals surface area contributed by atoms with Crippen molar-refractivity contribution in [3.8, 4) is 5.88 Å². The van der Waals surface area contributed by atoms with Gasteiger partial charge in [-0.2, -0.15) is 13.8 Å². The Morgan fingerprint density at radius 3 is 2.82 bits per heavy atom. The molecule has 0 spiro atoms. The maximum atomic E-state index is 12.7. The summed E-state index contributed by atoms with van der Waals surface area (Å²) in [6.07, 6.45) is 5.40. The first-order valence-electron chi connectivity index (χ1n) is 6.94. The Hall–Kier alpha value is -1.45. The van der Waals surface area contributed by atoms with Gasteiger partial charge in [0.1, 0.15) is 5.75 Å². The molecule has 2 aromatic rings. The first kappa shape index (κ1) is 15.4. The molecule has 2 heterocycles. The molecule has 0 unspecified atom stereocenters. The first-order valence-corrected chi connectivity index (χ1v) is 9.33. The van der Waals surface area contributed by atoms with Crippen LogP contribution in [-0.2, 0) is 29.4 Å². The Kier molecular flexibility index (Phi) is 4.20. The summed E-state index contributed by atoms with van der Waals surface area (Å²) in [6, 6.07) is 1.79. The van der Waals surface area contributed by atoms with Crippen LogP contribution in [0, 0.1) is 0 Å². The molecule has 3 rings (SSSR count). The predicted octanol–water partition coefficient (Wildman–Crippen LogP) is 1.38. The molecule has 22 heavy (non-hydrogen) atoms. The van der Waals surface area contributed by atoms with E-state index in [1.165, 1.54) is 7.11 Å². The summed E-state index contributed by atoms with van der Waals surface area (Å²) >= 11 is 1.16. The summed E-state index contributed by atoms with van der Waals surface area (Å²) in [7, 11) is -0.0423. The van der Waals surface area contributed by atoms with Crippen molar-refractivity contribution in [2.24, 2.45) is 7.05 Å². The summed E-state index contributed by atoms with van der Waals surface area (Å²) in [5, 5.41) is 4.10. The smallest absolute Gasteiger partial charge is 0.225 e. The quantitative estimate of drug-likeness (QED) is 0.760. The van der Waals surface area contributed by atoms with Gasteiger partial charge in [0.15, 0.2) is 0 Å². The van der Waals surface area contributed by atoms with Crippen LogP contribution in [0.5, 0.6) is 5.88 Å². The van der Waals surface area contributed by atoms with Crippen LogP contribution in [0.2, 0.25) is 0 Å². The predicted molar refractivity (Wildman–Crippen MR) is 83.1 cm³/mol. The largest absolute Gasteiger partial charge is 0.480 e. The second-order valence-corrected chi connectivity index (χ2v) is 8.20. The maximum absolute atomic E-state index is 12.7. The number of aryl methyl sites for hydroxylation is 1. The lowest BCUT2D eigenvalue weighted by atomic mass is 10.3. The van der Waals surface area contributed by atoms with E-state index < -0.39 is 10.0 Å². The van der Waals surface area contributed by atoms with Gasteiger partial charge < -0.3 is 4.74 Å². The third-order valence-corrected chi connectivity index (χ3v) is 6.25. The fourth-order valence-corrected chi connectivity index (χ4v) is 5.04. The van der Waals surface area contributed by atoms with E-state index in [4.69, 9.17) is 4.74 Å². The van der Waals surface area contributed by atoms with Gasteiger partial charge in [-0.3, -0.25) is 4.68 Å². The van der Waals surface area contributed by atoms with Crippen molar-refractivity contribution >= 4 is 21.6 Å². The fraction of sp³-hybridized carbons (Fsp3) is 0.538. The average Bonchev–Trinajstić information content (AvgIpc) is 3.06. The van der Waals surface area contributed by atoms with Gasteiger partial charge in [0, 0.05) is 42.3 Å². The van der Waals surface area contributed by atoms with Crippen molar-refractivity contribution < 1.29 is 13.2 Å². The Labute approximate surface area is 133 Å². The number of sulfonamides is 1. The number of aromatic nitrogens is 3. The standard InChI is InChI=1S/C13H18N4O3S2/c1-16-7-10(6-14-16)8-17(11-3-4-11)22(18,19)9-12-5-13(20-2)15-21-12/h5-7,11H,3-4,8-9H2,1-2H3. The van der Waals surface area contributed by atoms with Gasteiger partial charge in [-0.25, -0.2) is 8.42 Å². The number of ether oxygens (including phenoxy) is 1. The summed E-state index contributed by atoms with van der Waals surface area (Å²) in [6.45, 7) is 0.372. The lowest BCUT2D eigenvalue weighted by Gasteiger charge is -2.20. The SMILES string of the molecule is COc1cc(CS(=O)(=O)N(Cc2cnn(C)c2)C2CC2)sn1. The molecule has 0 aliphatic heterocycles. The monoisotopic (exact) mass is 342 g/mol. The second-order valence-electron chi connectivity index (χ2n) is 5.39. The van der Waals surface area contributed by atoms with E-state index in [0.717, 1.165) is 29.9 Å². The van der Waals surface area contributed by atoms with Crippen molar-refractivity contribution in [2.75, 3.05) is 7.11 Å². The highest BCUT2D eigenvalue weighted by Crippen LogP contribution is 2.32. The van der Waals surface area contributed by atoms with E-state index in [9.17, 15) is 8.42 Å².